The summed E-state index contributed by atoms with van der Waals surface area (Å²) in [5.41, 5.74) is 0.0143. The zero-order valence-electron chi connectivity index (χ0n) is 13.9. The molecule has 0 atom stereocenters. The molecule has 132 valence electrons. The van der Waals surface area contributed by atoms with Crippen LogP contribution in [0.15, 0.2) is 30.3 Å². The van der Waals surface area contributed by atoms with Gasteiger partial charge in [0.1, 0.15) is 0 Å². The van der Waals surface area contributed by atoms with E-state index in [1.54, 1.807) is 12.1 Å². The second-order valence-corrected chi connectivity index (χ2v) is 5.78. The highest BCUT2D eigenvalue weighted by Gasteiger charge is 2.17. The van der Waals surface area contributed by atoms with Crippen molar-refractivity contribution in [3.8, 4) is 0 Å². The first-order valence-electron chi connectivity index (χ1n) is 8.14. The molecule has 0 spiro atoms. The number of piperazine rings is 1. The summed E-state index contributed by atoms with van der Waals surface area (Å²) in [5.74, 6) is -1.63. The molecule has 3 rings (SSSR count). The molecule has 6 nitrogen and oxygen atoms in total. The van der Waals surface area contributed by atoms with Gasteiger partial charge in [0.15, 0.2) is 23.3 Å². The predicted octanol–water partition coefficient (Wildman–Crippen LogP) is 2.15. The van der Waals surface area contributed by atoms with Crippen LogP contribution in [0.2, 0.25) is 0 Å². The predicted molar refractivity (Wildman–Crippen MR) is 90.7 cm³/mol. The van der Waals surface area contributed by atoms with Gasteiger partial charge in [0.2, 0.25) is 0 Å². The molecule has 1 saturated heterocycles. The molecule has 0 bridgehead atoms. The topological polar surface area (TPSA) is 61.4 Å². The molecule has 2 aromatic rings. The molecule has 1 fully saturated rings. The number of rotatable bonds is 4. The van der Waals surface area contributed by atoms with E-state index in [1.165, 1.54) is 6.07 Å². The number of carbonyl (C=O) groups is 1. The first-order valence-corrected chi connectivity index (χ1v) is 8.14. The Bertz CT molecular complexity index is 745. The number of carbonyl (C=O) groups excluding carboxylic acids is 1. The van der Waals surface area contributed by atoms with E-state index in [1.807, 2.05) is 0 Å². The fraction of sp³-hybridized carbons (Fsp3) is 0.353. The van der Waals surface area contributed by atoms with Crippen molar-refractivity contribution in [3.63, 3.8) is 0 Å². The van der Waals surface area contributed by atoms with Crippen LogP contribution < -0.4 is 10.2 Å². The van der Waals surface area contributed by atoms with E-state index in [0.717, 1.165) is 50.7 Å². The Morgan fingerprint density at radius 1 is 1.08 bits per heavy atom. The molecule has 1 aliphatic rings. The Balaban J connectivity index is 1.62. The van der Waals surface area contributed by atoms with Gasteiger partial charge < -0.3 is 15.1 Å². The van der Waals surface area contributed by atoms with Crippen molar-refractivity contribution in [3.05, 3.63) is 47.5 Å². The van der Waals surface area contributed by atoms with Crippen LogP contribution in [0.1, 0.15) is 17.3 Å². The van der Waals surface area contributed by atoms with Gasteiger partial charge in [-0.2, -0.15) is 0 Å². The van der Waals surface area contributed by atoms with Gasteiger partial charge in [0.25, 0.3) is 5.91 Å². The molecule has 0 saturated carbocycles. The molecular formula is C17H19F2N5O. The number of nitrogens with one attached hydrogen (secondary N) is 1. The van der Waals surface area contributed by atoms with Gasteiger partial charge in [-0.05, 0) is 36.9 Å². The molecule has 25 heavy (non-hydrogen) atoms. The van der Waals surface area contributed by atoms with E-state index in [2.05, 4.69) is 32.2 Å². The Morgan fingerprint density at radius 2 is 1.84 bits per heavy atom. The fourth-order valence-electron chi connectivity index (χ4n) is 2.68. The van der Waals surface area contributed by atoms with Crippen molar-refractivity contribution in [2.75, 3.05) is 42.9 Å². The van der Waals surface area contributed by atoms with Gasteiger partial charge in [-0.15, -0.1) is 10.2 Å². The number of amides is 1. The standard InChI is InChI=1S/C17H19F2N5O/c1-2-23-7-9-24(10-8-23)16-6-5-15(21-22-16)20-17(25)12-3-4-13(18)14(19)11-12/h3-6,11H,2,7-10H2,1H3,(H,20,21,25). The summed E-state index contributed by atoms with van der Waals surface area (Å²) in [6.45, 7) is 6.89. The first kappa shape index (κ1) is 17.2. The lowest BCUT2D eigenvalue weighted by Crippen LogP contribution is -2.46. The van der Waals surface area contributed by atoms with Gasteiger partial charge in [-0.1, -0.05) is 6.92 Å². The second-order valence-electron chi connectivity index (χ2n) is 5.78. The third-order valence-corrected chi connectivity index (χ3v) is 4.22. The van der Waals surface area contributed by atoms with Crippen molar-refractivity contribution in [1.29, 1.82) is 0 Å². The molecule has 0 unspecified atom stereocenters. The zero-order valence-corrected chi connectivity index (χ0v) is 13.9. The fourth-order valence-corrected chi connectivity index (χ4v) is 2.68. The number of hydrogen-bond donors (Lipinski definition) is 1. The summed E-state index contributed by atoms with van der Waals surface area (Å²) >= 11 is 0. The maximum absolute atomic E-state index is 13.2. The number of hydrogen-bond acceptors (Lipinski definition) is 5. The third-order valence-electron chi connectivity index (χ3n) is 4.22. The van der Waals surface area contributed by atoms with Crippen molar-refractivity contribution in [2.24, 2.45) is 0 Å². The summed E-state index contributed by atoms with van der Waals surface area (Å²) in [5, 5.41) is 10.7. The normalized spacial score (nSPS) is 15.2. The zero-order chi connectivity index (χ0) is 17.8. The Hall–Kier alpha value is -2.61. The smallest absolute Gasteiger partial charge is 0.256 e. The molecule has 1 aliphatic heterocycles. The largest absolute Gasteiger partial charge is 0.353 e. The van der Waals surface area contributed by atoms with E-state index >= 15 is 0 Å². The molecule has 2 heterocycles. The second kappa shape index (κ2) is 7.52. The third kappa shape index (κ3) is 4.08. The lowest BCUT2D eigenvalue weighted by molar-refractivity contribution is 0.102. The molecule has 1 aromatic carbocycles. The molecule has 1 amide bonds. The number of aromatic nitrogens is 2. The average molecular weight is 347 g/mol. The minimum atomic E-state index is -1.07. The van der Waals surface area contributed by atoms with Crippen molar-refractivity contribution < 1.29 is 13.6 Å². The van der Waals surface area contributed by atoms with E-state index in [4.69, 9.17) is 0 Å². The van der Waals surface area contributed by atoms with Gasteiger partial charge in [0.05, 0.1) is 0 Å². The van der Waals surface area contributed by atoms with Crippen LogP contribution in [0, 0.1) is 11.6 Å². The minimum absolute atomic E-state index is 0.0143. The number of nitrogens with zero attached hydrogens (tertiary/aromatic N) is 4. The summed E-state index contributed by atoms with van der Waals surface area (Å²) in [7, 11) is 0. The molecule has 0 radical (unpaired) electrons. The quantitative estimate of drug-likeness (QED) is 0.918. The van der Waals surface area contributed by atoms with Gasteiger partial charge in [0, 0.05) is 31.7 Å². The summed E-state index contributed by atoms with van der Waals surface area (Å²) < 4.78 is 26.1. The van der Waals surface area contributed by atoms with Crippen LogP contribution in [0.4, 0.5) is 20.4 Å². The molecule has 0 aliphatic carbocycles. The van der Waals surface area contributed by atoms with Crippen LogP contribution in [-0.4, -0.2) is 53.7 Å². The summed E-state index contributed by atoms with van der Waals surface area (Å²) in [6, 6.07) is 6.40. The monoisotopic (exact) mass is 347 g/mol. The van der Waals surface area contributed by atoms with Crippen LogP contribution in [0.25, 0.3) is 0 Å². The molecule has 1 aromatic heterocycles. The average Bonchev–Trinajstić information content (AvgIpc) is 2.64. The maximum atomic E-state index is 13.2. The van der Waals surface area contributed by atoms with Crippen LogP contribution >= 0.6 is 0 Å². The first-order chi connectivity index (χ1) is 12.1. The van der Waals surface area contributed by atoms with Crippen LogP contribution in [0.3, 0.4) is 0 Å². The van der Waals surface area contributed by atoms with Gasteiger partial charge in [-0.3, -0.25) is 4.79 Å². The van der Waals surface area contributed by atoms with E-state index in [9.17, 15) is 13.6 Å². The van der Waals surface area contributed by atoms with Crippen molar-refractivity contribution in [1.82, 2.24) is 15.1 Å². The maximum Gasteiger partial charge on any atom is 0.256 e. The van der Waals surface area contributed by atoms with E-state index < -0.39 is 17.5 Å². The SMILES string of the molecule is CCN1CCN(c2ccc(NC(=O)c3ccc(F)c(F)c3)nn2)CC1. The van der Waals surface area contributed by atoms with Crippen LogP contribution in [0.5, 0.6) is 0 Å². The highest BCUT2D eigenvalue weighted by atomic mass is 19.2. The lowest BCUT2D eigenvalue weighted by Gasteiger charge is -2.34. The Kier molecular flexibility index (Phi) is 5.18. The van der Waals surface area contributed by atoms with Gasteiger partial charge >= 0.3 is 0 Å². The number of halogens is 2. The lowest BCUT2D eigenvalue weighted by atomic mass is 10.2. The Morgan fingerprint density at radius 3 is 2.44 bits per heavy atom. The summed E-state index contributed by atoms with van der Waals surface area (Å²) in [6.07, 6.45) is 0. The Labute approximate surface area is 144 Å². The van der Waals surface area contributed by atoms with Crippen LogP contribution in [-0.2, 0) is 0 Å². The highest BCUT2D eigenvalue weighted by molar-refractivity contribution is 6.03. The van der Waals surface area contributed by atoms with Crippen molar-refractivity contribution >= 4 is 17.5 Å². The van der Waals surface area contributed by atoms with E-state index in [0.29, 0.717) is 0 Å². The highest BCUT2D eigenvalue weighted by Crippen LogP contribution is 2.15. The number of anilines is 2. The van der Waals surface area contributed by atoms with Gasteiger partial charge in [-0.25, -0.2) is 8.78 Å². The molecule has 8 heteroatoms. The molecule has 1 N–H and O–H groups in total. The minimum Gasteiger partial charge on any atom is -0.353 e. The number of benzene rings is 1. The molecular weight excluding hydrogens is 328 g/mol. The summed E-state index contributed by atoms with van der Waals surface area (Å²) in [4.78, 5) is 16.5. The number of likely N-dealkylation sites (N-methyl/N-ethyl adjacent to an activating group) is 1. The van der Waals surface area contributed by atoms with Crippen molar-refractivity contribution in [2.45, 2.75) is 6.92 Å². The van der Waals surface area contributed by atoms with E-state index in [-0.39, 0.29) is 11.4 Å².